The Kier molecular flexibility index (Phi) is 5.47. The zero-order valence-corrected chi connectivity index (χ0v) is 17.9. The number of thiophene rings is 1. The zero-order chi connectivity index (χ0) is 20.5. The number of aromatic nitrogens is 4. The summed E-state index contributed by atoms with van der Waals surface area (Å²) in [6, 6.07) is 3.98. The van der Waals surface area contributed by atoms with Gasteiger partial charge in [0.2, 0.25) is 0 Å². The molecule has 1 amide bonds. The molecule has 1 aliphatic carbocycles. The van der Waals surface area contributed by atoms with Gasteiger partial charge in [0.05, 0.1) is 29.8 Å². The number of amides is 1. The molecule has 1 N–H and O–H groups in total. The van der Waals surface area contributed by atoms with E-state index in [2.05, 4.69) is 35.3 Å². The first-order valence-corrected chi connectivity index (χ1v) is 10.6. The van der Waals surface area contributed by atoms with Crippen LogP contribution in [0.3, 0.4) is 0 Å². The molecule has 8 heteroatoms. The van der Waals surface area contributed by atoms with E-state index >= 15 is 0 Å². The van der Waals surface area contributed by atoms with Gasteiger partial charge in [-0.05, 0) is 45.7 Å². The molecule has 0 bridgehead atoms. The Balaban J connectivity index is 1.69. The van der Waals surface area contributed by atoms with Crippen molar-refractivity contribution in [1.29, 1.82) is 0 Å². The molecule has 29 heavy (non-hydrogen) atoms. The number of methoxy groups -OCH3 is 1. The largest absolute Gasteiger partial charge is 0.383 e. The smallest absolute Gasteiger partial charge is 0.255 e. The van der Waals surface area contributed by atoms with Crippen molar-refractivity contribution in [3.8, 4) is 17.2 Å². The first-order valence-electron chi connectivity index (χ1n) is 9.76. The lowest BCUT2D eigenvalue weighted by molar-refractivity contribution is 0.0904. The maximum Gasteiger partial charge on any atom is 0.255 e. The summed E-state index contributed by atoms with van der Waals surface area (Å²) in [5.41, 5.74) is 3.46. The number of nitrogens with one attached hydrogen (secondary N) is 1. The fourth-order valence-electron chi connectivity index (χ4n) is 3.52. The molecule has 152 valence electrons. The third kappa shape index (κ3) is 4.09. The van der Waals surface area contributed by atoms with Gasteiger partial charge in [-0.25, -0.2) is 14.6 Å². The van der Waals surface area contributed by atoms with Crippen LogP contribution in [0, 0.1) is 13.8 Å². The van der Waals surface area contributed by atoms with E-state index in [9.17, 15) is 4.79 Å². The molecule has 3 aromatic rings. The summed E-state index contributed by atoms with van der Waals surface area (Å²) >= 11 is 1.76. The Morgan fingerprint density at radius 2 is 2.21 bits per heavy atom. The highest BCUT2D eigenvalue weighted by molar-refractivity contribution is 7.12. The van der Waals surface area contributed by atoms with Crippen LogP contribution in [0.4, 0.5) is 0 Å². The van der Waals surface area contributed by atoms with Crippen LogP contribution in [0.25, 0.3) is 17.2 Å². The fraction of sp³-hybridized carbons (Fsp3) is 0.429. The molecule has 1 saturated carbocycles. The van der Waals surface area contributed by atoms with Crippen molar-refractivity contribution in [2.24, 2.45) is 0 Å². The van der Waals surface area contributed by atoms with Crippen LogP contribution < -0.4 is 5.32 Å². The van der Waals surface area contributed by atoms with E-state index in [0.29, 0.717) is 24.0 Å². The molecule has 4 rings (SSSR count). The molecule has 3 aromatic heterocycles. The van der Waals surface area contributed by atoms with Crippen molar-refractivity contribution < 1.29 is 9.53 Å². The predicted molar refractivity (Wildman–Crippen MR) is 113 cm³/mol. The fourth-order valence-corrected chi connectivity index (χ4v) is 4.45. The maximum atomic E-state index is 12.8. The average molecular weight is 412 g/mol. The van der Waals surface area contributed by atoms with Gasteiger partial charge in [0, 0.05) is 40.6 Å². The van der Waals surface area contributed by atoms with Gasteiger partial charge in [0.1, 0.15) is 0 Å². The standard InChI is InChI=1S/C21H25N5O2S/c1-12(11-28-4)24-20(27)17-10-23-26(19(17)15-5-6-15)21-22-8-7-18(25-21)16-9-13(2)29-14(16)3/h7-10,12,15H,5-6,11H2,1-4H3,(H,24,27). The van der Waals surface area contributed by atoms with Crippen molar-refractivity contribution in [2.45, 2.75) is 45.6 Å². The van der Waals surface area contributed by atoms with E-state index in [4.69, 9.17) is 9.72 Å². The first-order chi connectivity index (χ1) is 14.0. The Hall–Kier alpha value is -2.58. The van der Waals surface area contributed by atoms with Crippen LogP contribution in [0.5, 0.6) is 0 Å². The highest BCUT2D eigenvalue weighted by Gasteiger charge is 2.33. The third-order valence-electron chi connectivity index (χ3n) is 4.96. The van der Waals surface area contributed by atoms with Crippen LogP contribution in [0.15, 0.2) is 24.5 Å². The summed E-state index contributed by atoms with van der Waals surface area (Å²) in [6.45, 7) is 6.57. The van der Waals surface area contributed by atoms with E-state index in [0.717, 1.165) is 29.8 Å². The number of hydrogen-bond donors (Lipinski definition) is 1. The first kappa shape index (κ1) is 19.7. The molecule has 1 atom stereocenters. The summed E-state index contributed by atoms with van der Waals surface area (Å²) < 4.78 is 6.84. The second kappa shape index (κ2) is 8.04. The van der Waals surface area contributed by atoms with Crippen LogP contribution in [-0.2, 0) is 4.74 Å². The molecule has 0 radical (unpaired) electrons. The molecule has 0 aliphatic heterocycles. The van der Waals surface area contributed by atoms with E-state index in [1.165, 1.54) is 9.75 Å². The van der Waals surface area contributed by atoms with Crippen LogP contribution in [0.1, 0.15) is 51.5 Å². The Bertz CT molecular complexity index is 1040. The minimum absolute atomic E-state index is 0.0766. The van der Waals surface area contributed by atoms with Crippen molar-refractivity contribution in [3.05, 3.63) is 45.5 Å². The van der Waals surface area contributed by atoms with E-state index < -0.39 is 0 Å². The molecular formula is C21H25N5O2S. The quantitative estimate of drug-likeness (QED) is 0.642. The van der Waals surface area contributed by atoms with Crippen molar-refractivity contribution in [1.82, 2.24) is 25.1 Å². The summed E-state index contributed by atoms with van der Waals surface area (Å²) in [6.07, 6.45) is 5.46. The van der Waals surface area contributed by atoms with Gasteiger partial charge in [0.15, 0.2) is 0 Å². The van der Waals surface area contributed by atoms with Crippen molar-refractivity contribution in [2.75, 3.05) is 13.7 Å². The van der Waals surface area contributed by atoms with E-state index in [1.54, 1.807) is 35.5 Å². The monoisotopic (exact) mass is 411 g/mol. The van der Waals surface area contributed by atoms with Gasteiger partial charge in [0.25, 0.3) is 11.9 Å². The van der Waals surface area contributed by atoms with E-state index in [-0.39, 0.29) is 11.9 Å². The van der Waals surface area contributed by atoms with Gasteiger partial charge in [-0.15, -0.1) is 11.3 Å². The topological polar surface area (TPSA) is 81.9 Å². The average Bonchev–Trinajstić information content (AvgIpc) is 3.33. The minimum Gasteiger partial charge on any atom is -0.383 e. The molecule has 1 aliphatic rings. The number of aryl methyl sites for hydroxylation is 2. The van der Waals surface area contributed by atoms with E-state index in [1.807, 2.05) is 13.0 Å². The second-order valence-corrected chi connectivity index (χ2v) is 8.99. The van der Waals surface area contributed by atoms with Gasteiger partial charge < -0.3 is 10.1 Å². The number of ether oxygens (including phenoxy) is 1. The molecule has 1 unspecified atom stereocenters. The van der Waals surface area contributed by atoms with Crippen LogP contribution in [0.2, 0.25) is 0 Å². The van der Waals surface area contributed by atoms with Gasteiger partial charge in [-0.3, -0.25) is 4.79 Å². The Labute approximate surface area is 174 Å². The van der Waals surface area contributed by atoms with Crippen molar-refractivity contribution in [3.63, 3.8) is 0 Å². The molecule has 7 nitrogen and oxygen atoms in total. The summed E-state index contributed by atoms with van der Waals surface area (Å²) in [7, 11) is 1.62. The SMILES string of the molecule is COCC(C)NC(=O)c1cnn(-c2nccc(-c3cc(C)sc3C)n2)c1C1CC1. The van der Waals surface area contributed by atoms with Gasteiger partial charge in [-0.1, -0.05) is 0 Å². The van der Waals surface area contributed by atoms with Crippen LogP contribution >= 0.6 is 11.3 Å². The lowest BCUT2D eigenvalue weighted by Crippen LogP contribution is -2.36. The zero-order valence-electron chi connectivity index (χ0n) is 17.1. The number of carbonyl (C=O) groups excluding carboxylic acids is 1. The minimum atomic E-state index is -0.136. The molecular weight excluding hydrogens is 386 g/mol. The number of rotatable bonds is 7. The van der Waals surface area contributed by atoms with Crippen molar-refractivity contribution >= 4 is 17.2 Å². The second-order valence-electron chi connectivity index (χ2n) is 7.53. The lowest BCUT2D eigenvalue weighted by Gasteiger charge is -2.13. The number of hydrogen-bond acceptors (Lipinski definition) is 6. The highest BCUT2D eigenvalue weighted by Crippen LogP contribution is 2.42. The molecule has 1 fully saturated rings. The summed E-state index contributed by atoms with van der Waals surface area (Å²) in [4.78, 5) is 24.5. The number of carbonyl (C=O) groups is 1. The Morgan fingerprint density at radius 3 is 2.86 bits per heavy atom. The lowest BCUT2D eigenvalue weighted by atomic mass is 10.1. The predicted octanol–water partition coefficient (Wildman–Crippen LogP) is 3.65. The van der Waals surface area contributed by atoms with Gasteiger partial charge in [-0.2, -0.15) is 5.10 Å². The van der Waals surface area contributed by atoms with Crippen LogP contribution in [-0.4, -0.2) is 45.4 Å². The van der Waals surface area contributed by atoms with Gasteiger partial charge >= 0.3 is 0 Å². The normalized spacial score (nSPS) is 14.8. The summed E-state index contributed by atoms with van der Waals surface area (Å²) in [5.74, 6) is 0.674. The molecule has 3 heterocycles. The molecule has 0 spiro atoms. The summed E-state index contributed by atoms with van der Waals surface area (Å²) in [5, 5.41) is 7.46. The number of nitrogens with zero attached hydrogens (tertiary/aromatic N) is 4. The Morgan fingerprint density at radius 1 is 1.41 bits per heavy atom. The molecule has 0 aromatic carbocycles. The maximum absolute atomic E-state index is 12.8. The highest BCUT2D eigenvalue weighted by atomic mass is 32.1. The third-order valence-corrected chi connectivity index (χ3v) is 5.92. The molecule has 0 saturated heterocycles.